The van der Waals surface area contributed by atoms with Crippen LogP contribution in [0.2, 0.25) is 0 Å². The molecule has 0 aromatic carbocycles. The van der Waals surface area contributed by atoms with Gasteiger partial charge in [-0.25, -0.2) is 0 Å². The number of amides is 1. The summed E-state index contributed by atoms with van der Waals surface area (Å²) in [5, 5.41) is 0. The lowest BCUT2D eigenvalue weighted by Gasteiger charge is -2.24. The maximum Gasteiger partial charge on any atom is 0.228 e. The zero-order valence-corrected chi connectivity index (χ0v) is 14.8. The van der Waals surface area contributed by atoms with Crippen LogP contribution in [0.4, 0.5) is 5.69 Å². The lowest BCUT2D eigenvalue weighted by molar-refractivity contribution is -0.118. The molecule has 22 heavy (non-hydrogen) atoms. The van der Waals surface area contributed by atoms with Crippen molar-refractivity contribution in [3.63, 3.8) is 0 Å². The molecule has 2 heterocycles. The van der Waals surface area contributed by atoms with E-state index in [0.717, 1.165) is 37.6 Å². The molecule has 1 aliphatic heterocycles. The van der Waals surface area contributed by atoms with Crippen LogP contribution in [-0.4, -0.2) is 42.0 Å². The molecule has 0 saturated carbocycles. The SMILES string of the molecule is CC.CCC(C)CN1CCC(=O)N(c2ccc(C)nc2)CC1. The average molecular weight is 305 g/mol. The Morgan fingerprint density at radius 3 is 2.55 bits per heavy atom. The third-order valence-corrected chi connectivity index (χ3v) is 4.06. The molecule has 1 saturated heterocycles. The van der Waals surface area contributed by atoms with Crippen molar-refractivity contribution in [1.29, 1.82) is 0 Å². The highest BCUT2D eigenvalue weighted by molar-refractivity contribution is 5.93. The van der Waals surface area contributed by atoms with Crippen molar-refractivity contribution >= 4 is 11.6 Å². The number of hydrogen-bond donors (Lipinski definition) is 0. The summed E-state index contributed by atoms with van der Waals surface area (Å²) in [7, 11) is 0. The van der Waals surface area contributed by atoms with E-state index >= 15 is 0 Å². The molecule has 1 aromatic rings. The number of pyridine rings is 1. The molecule has 0 N–H and O–H groups in total. The predicted octanol–water partition coefficient (Wildman–Crippen LogP) is 3.50. The second-order valence-corrected chi connectivity index (χ2v) is 5.77. The van der Waals surface area contributed by atoms with Gasteiger partial charge >= 0.3 is 0 Å². The Hall–Kier alpha value is -1.42. The number of carbonyl (C=O) groups excluding carboxylic acids is 1. The summed E-state index contributed by atoms with van der Waals surface area (Å²) in [6, 6.07) is 3.95. The van der Waals surface area contributed by atoms with Crippen molar-refractivity contribution in [2.75, 3.05) is 31.1 Å². The first-order valence-electron chi connectivity index (χ1n) is 8.55. The van der Waals surface area contributed by atoms with E-state index in [1.807, 2.05) is 37.8 Å². The Labute approximate surface area is 135 Å². The molecule has 1 aliphatic rings. The maximum absolute atomic E-state index is 12.3. The summed E-state index contributed by atoms with van der Waals surface area (Å²) >= 11 is 0. The van der Waals surface area contributed by atoms with Crippen LogP contribution >= 0.6 is 0 Å². The van der Waals surface area contributed by atoms with Gasteiger partial charge in [-0.3, -0.25) is 9.78 Å². The zero-order valence-electron chi connectivity index (χ0n) is 14.8. The van der Waals surface area contributed by atoms with Crippen LogP contribution in [0.25, 0.3) is 0 Å². The second kappa shape index (κ2) is 9.57. The van der Waals surface area contributed by atoms with Gasteiger partial charge in [0.25, 0.3) is 0 Å². The molecule has 0 aliphatic carbocycles. The molecule has 4 heteroatoms. The average Bonchev–Trinajstić information content (AvgIpc) is 2.72. The van der Waals surface area contributed by atoms with Crippen molar-refractivity contribution < 1.29 is 4.79 Å². The number of nitrogens with zero attached hydrogens (tertiary/aromatic N) is 3. The number of hydrogen-bond acceptors (Lipinski definition) is 3. The minimum absolute atomic E-state index is 0.210. The number of carbonyl (C=O) groups is 1. The summed E-state index contributed by atoms with van der Waals surface area (Å²) in [6.07, 6.45) is 3.60. The minimum Gasteiger partial charge on any atom is -0.310 e. The molecule has 1 aromatic heterocycles. The maximum atomic E-state index is 12.3. The molecule has 1 fully saturated rings. The monoisotopic (exact) mass is 305 g/mol. The van der Waals surface area contributed by atoms with E-state index in [9.17, 15) is 4.79 Å². The largest absolute Gasteiger partial charge is 0.310 e. The minimum atomic E-state index is 0.210. The quantitative estimate of drug-likeness (QED) is 0.854. The van der Waals surface area contributed by atoms with Crippen molar-refractivity contribution in [2.45, 2.75) is 47.5 Å². The molecule has 1 amide bonds. The summed E-state index contributed by atoms with van der Waals surface area (Å²) in [6.45, 7) is 14.1. The van der Waals surface area contributed by atoms with Gasteiger partial charge in [0.05, 0.1) is 11.9 Å². The van der Waals surface area contributed by atoms with E-state index in [0.29, 0.717) is 12.3 Å². The smallest absolute Gasteiger partial charge is 0.228 e. The highest BCUT2D eigenvalue weighted by atomic mass is 16.2. The molecule has 0 radical (unpaired) electrons. The molecule has 1 unspecified atom stereocenters. The van der Waals surface area contributed by atoms with Crippen LogP contribution < -0.4 is 4.90 Å². The van der Waals surface area contributed by atoms with Crippen molar-refractivity contribution in [2.24, 2.45) is 5.92 Å². The van der Waals surface area contributed by atoms with Crippen LogP contribution in [0.15, 0.2) is 18.3 Å². The van der Waals surface area contributed by atoms with Crippen LogP contribution in [0.1, 0.15) is 46.2 Å². The molecular formula is C18H31N3O. The summed E-state index contributed by atoms with van der Waals surface area (Å²) in [4.78, 5) is 20.9. The lowest BCUT2D eigenvalue weighted by Crippen LogP contribution is -2.34. The number of anilines is 1. The first kappa shape index (κ1) is 18.6. The Morgan fingerprint density at radius 2 is 1.95 bits per heavy atom. The molecule has 2 rings (SSSR count). The van der Waals surface area contributed by atoms with Gasteiger partial charge < -0.3 is 9.80 Å². The highest BCUT2D eigenvalue weighted by Crippen LogP contribution is 2.17. The van der Waals surface area contributed by atoms with E-state index < -0.39 is 0 Å². The van der Waals surface area contributed by atoms with Crippen LogP contribution in [-0.2, 0) is 4.79 Å². The summed E-state index contributed by atoms with van der Waals surface area (Å²) in [5.74, 6) is 0.903. The predicted molar refractivity (Wildman–Crippen MR) is 93.2 cm³/mol. The fourth-order valence-electron chi connectivity index (χ4n) is 2.51. The molecule has 1 atom stereocenters. The molecule has 0 bridgehead atoms. The van der Waals surface area contributed by atoms with Crippen LogP contribution in [0, 0.1) is 12.8 Å². The van der Waals surface area contributed by atoms with Crippen molar-refractivity contribution in [3.05, 3.63) is 24.0 Å². The first-order valence-corrected chi connectivity index (χ1v) is 8.55. The van der Waals surface area contributed by atoms with E-state index in [4.69, 9.17) is 0 Å². The Balaban J connectivity index is 0.00000116. The Bertz CT molecular complexity index is 444. The molecular weight excluding hydrogens is 274 g/mol. The normalized spacial score (nSPS) is 17.5. The fraction of sp³-hybridized carbons (Fsp3) is 0.667. The van der Waals surface area contributed by atoms with Crippen molar-refractivity contribution in [1.82, 2.24) is 9.88 Å². The van der Waals surface area contributed by atoms with Gasteiger partial charge in [0.2, 0.25) is 5.91 Å². The van der Waals surface area contributed by atoms with Gasteiger partial charge in [-0.2, -0.15) is 0 Å². The standard InChI is InChI=1S/C16H25N3O.C2H6/c1-4-13(2)12-18-8-7-16(20)19(10-9-18)15-6-5-14(3)17-11-15;1-2/h5-6,11,13H,4,7-10,12H2,1-3H3;1-2H3. The molecule has 4 nitrogen and oxygen atoms in total. The fourth-order valence-corrected chi connectivity index (χ4v) is 2.51. The van der Waals surface area contributed by atoms with Crippen LogP contribution in [0.5, 0.6) is 0 Å². The molecule has 0 spiro atoms. The topological polar surface area (TPSA) is 36.4 Å². The Kier molecular flexibility index (Phi) is 8.10. The summed E-state index contributed by atoms with van der Waals surface area (Å²) < 4.78 is 0. The van der Waals surface area contributed by atoms with Gasteiger partial charge in [0.15, 0.2) is 0 Å². The van der Waals surface area contributed by atoms with Gasteiger partial charge in [-0.05, 0) is 25.0 Å². The van der Waals surface area contributed by atoms with Crippen molar-refractivity contribution in [3.8, 4) is 0 Å². The second-order valence-electron chi connectivity index (χ2n) is 5.77. The van der Waals surface area contributed by atoms with Gasteiger partial charge in [0, 0.05) is 38.3 Å². The third-order valence-electron chi connectivity index (χ3n) is 4.06. The van der Waals surface area contributed by atoms with Gasteiger partial charge in [0.1, 0.15) is 0 Å². The van der Waals surface area contributed by atoms with E-state index in [-0.39, 0.29) is 5.91 Å². The summed E-state index contributed by atoms with van der Waals surface area (Å²) in [5.41, 5.74) is 1.90. The molecule has 124 valence electrons. The lowest BCUT2D eigenvalue weighted by atomic mass is 10.1. The highest BCUT2D eigenvalue weighted by Gasteiger charge is 2.22. The number of aryl methyl sites for hydroxylation is 1. The van der Waals surface area contributed by atoms with E-state index in [2.05, 4.69) is 23.7 Å². The first-order chi connectivity index (χ1) is 10.6. The number of rotatable bonds is 4. The number of aromatic nitrogens is 1. The zero-order chi connectivity index (χ0) is 16.5. The van der Waals surface area contributed by atoms with Crippen LogP contribution in [0.3, 0.4) is 0 Å². The van der Waals surface area contributed by atoms with E-state index in [1.165, 1.54) is 6.42 Å². The third kappa shape index (κ3) is 5.41. The Morgan fingerprint density at radius 1 is 1.23 bits per heavy atom. The van der Waals surface area contributed by atoms with Gasteiger partial charge in [-0.1, -0.05) is 34.1 Å². The van der Waals surface area contributed by atoms with Gasteiger partial charge in [-0.15, -0.1) is 0 Å². The van der Waals surface area contributed by atoms with E-state index in [1.54, 1.807) is 6.20 Å².